The molecule has 2 fully saturated rings. The van der Waals surface area contributed by atoms with Gasteiger partial charge in [-0.25, -0.2) is 14.4 Å². The van der Waals surface area contributed by atoms with Crippen LogP contribution < -0.4 is 11.1 Å². The lowest BCUT2D eigenvalue weighted by molar-refractivity contribution is -0.140. The Morgan fingerprint density at radius 3 is 2.69 bits per heavy atom. The molecule has 3 N–H and O–H groups in total. The summed E-state index contributed by atoms with van der Waals surface area (Å²) in [6, 6.07) is 4.94. The maximum absolute atomic E-state index is 15.4. The molecule has 1 saturated heterocycles. The molecule has 10 nitrogen and oxygen atoms in total. The van der Waals surface area contributed by atoms with Crippen LogP contribution in [0.2, 0.25) is 0 Å². The number of rotatable bonds is 7. The van der Waals surface area contributed by atoms with E-state index in [0.29, 0.717) is 25.8 Å². The van der Waals surface area contributed by atoms with E-state index in [1.807, 2.05) is 0 Å². The molecular weight excluding hydrogens is 558 g/mol. The summed E-state index contributed by atoms with van der Waals surface area (Å²) in [6.45, 7) is 5.12. The highest BCUT2D eigenvalue weighted by Gasteiger charge is 2.36. The Balaban J connectivity index is 1.37. The highest BCUT2D eigenvalue weighted by atomic mass is 19.4. The van der Waals surface area contributed by atoms with Crippen LogP contribution in [-0.2, 0) is 15.7 Å². The van der Waals surface area contributed by atoms with E-state index in [2.05, 4.69) is 27.0 Å². The van der Waals surface area contributed by atoms with Crippen molar-refractivity contribution in [3.8, 4) is 0 Å². The van der Waals surface area contributed by atoms with E-state index in [9.17, 15) is 22.8 Å². The molecule has 2 aliphatic heterocycles. The van der Waals surface area contributed by atoms with Gasteiger partial charge in [-0.2, -0.15) is 13.2 Å². The van der Waals surface area contributed by atoms with Gasteiger partial charge in [0, 0.05) is 48.7 Å². The van der Waals surface area contributed by atoms with Crippen molar-refractivity contribution in [2.75, 3.05) is 31.6 Å². The highest BCUT2D eigenvalue weighted by Crippen LogP contribution is 2.33. The van der Waals surface area contributed by atoms with Crippen molar-refractivity contribution in [2.45, 2.75) is 25.1 Å². The molecule has 5 rings (SSSR count). The highest BCUT2D eigenvalue weighted by molar-refractivity contribution is 6.06. The summed E-state index contributed by atoms with van der Waals surface area (Å²) < 4.78 is 60.3. The van der Waals surface area contributed by atoms with Crippen molar-refractivity contribution in [2.24, 2.45) is 21.6 Å². The first-order chi connectivity index (χ1) is 20.0. The zero-order valence-electron chi connectivity index (χ0n) is 22.3. The predicted molar refractivity (Wildman–Crippen MR) is 147 cm³/mol. The number of aliphatic imine (C=N–C) groups is 2. The Morgan fingerprint density at radius 1 is 1.21 bits per heavy atom. The maximum atomic E-state index is 15.4. The molecule has 0 unspecified atom stereocenters. The zero-order chi connectivity index (χ0) is 30.0. The largest absolute Gasteiger partial charge is 0.416 e. The Labute approximate surface area is 238 Å². The predicted octanol–water partition coefficient (Wildman–Crippen LogP) is 3.64. The van der Waals surface area contributed by atoms with Gasteiger partial charge in [-0.3, -0.25) is 14.6 Å². The van der Waals surface area contributed by atoms with Gasteiger partial charge in [-0.05, 0) is 49.9 Å². The van der Waals surface area contributed by atoms with Gasteiger partial charge in [0.05, 0.1) is 30.5 Å². The lowest BCUT2D eigenvalue weighted by Gasteiger charge is -2.36. The molecule has 0 spiro atoms. The summed E-state index contributed by atoms with van der Waals surface area (Å²) in [4.78, 5) is 40.6. The second-order valence-electron chi connectivity index (χ2n) is 9.95. The Bertz CT molecular complexity index is 1500. The normalized spacial score (nSPS) is 20.2. The molecule has 1 aromatic carbocycles. The third-order valence-corrected chi connectivity index (χ3v) is 6.97. The molecule has 1 aliphatic carbocycles. The lowest BCUT2D eigenvalue weighted by Crippen LogP contribution is -2.50. The summed E-state index contributed by atoms with van der Waals surface area (Å²) in [5.41, 5.74) is 5.31. The Hall–Kier alpha value is -4.59. The third-order valence-electron chi connectivity index (χ3n) is 6.97. The standard InChI is InChI=1S/C28H27F4N7O3/c1-34-23(20-5-4-17(12-21(20)29)26(40)37-22-13-18(6-7-35-22)28(30,31)32)24-25(33)36-8-9-38(24)14-19-15-39(10-11-42-19)27(41)16-2-3-16/h4-9,12-13,16,19H,1-3,10-11,14-15H2,(H2,33,36)(H,35,37,40)/b24-23-/t19-/m0/s1. The number of amidine groups is 1. The van der Waals surface area contributed by atoms with Gasteiger partial charge >= 0.3 is 6.18 Å². The smallest absolute Gasteiger partial charge is 0.382 e. The Kier molecular flexibility index (Phi) is 8.07. The molecule has 2 amide bonds. The van der Waals surface area contributed by atoms with Crippen LogP contribution in [0.15, 0.2) is 64.6 Å². The van der Waals surface area contributed by atoms with E-state index in [4.69, 9.17) is 10.5 Å². The molecule has 3 heterocycles. The molecule has 42 heavy (non-hydrogen) atoms. The van der Waals surface area contributed by atoms with Crippen molar-refractivity contribution in [1.82, 2.24) is 14.8 Å². The number of pyridine rings is 1. The molecule has 0 bridgehead atoms. The van der Waals surface area contributed by atoms with Crippen LogP contribution in [0.4, 0.5) is 23.4 Å². The van der Waals surface area contributed by atoms with E-state index in [0.717, 1.165) is 31.2 Å². The molecule has 1 aromatic heterocycles. The SMILES string of the molecule is C=N/C(=C1/C(N)=NC=CN1C[C@H]1CN(C(=O)C2CC2)CCO1)c1ccc(C(=O)Nc2cc(C(F)(F)F)ccn2)cc1F. The van der Waals surface area contributed by atoms with E-state index in [1.165, 1.54) is 18.3 Å². The lowest BCUT2D eigenvalue weighted by atomic mass is 10.0. The summed E-state index contributed by atoms with van der Waals surface area (Å²) in [6.07, 6.45) is 0.828. The van der Waals surface area contributed by atoms with Gasteiger partial charge in [0.25, 0.3) is 5.91 Å². The van der Waals surface area contributed by atoms with Crippen LogP contribution in [0.1, 0.15) is 34.3 Å². The van der Waals surface area contributed by atoms with Crippen molar-refractivity contribution in [3.63, 3.8) is 0 Å². The number of amides is 2. The van der Waals surface area contributed by atoms with Gasteiger partial charge < -0.3 is 25.6 Å². The van der Waals surface area contributed by atoms with Crippen LogP contribution in [0, 0.1) is 11.7 Å². The molecule has 0 radical (unpaired) electrons. The van der Waals surface area contributed by atoms with Crippen LogP contribution in [0.5, 0.6) is 0 Å². The first-order valence-corrected chi connectivity index (χ1v) is 13.1. The van der Waals surface area contributed by atoms with Gasteiger partial charge in [0.15, 0.2) is 0 Å². The van der Waals surface area contributed by atoms with Crippen LogP contribution in [-0.4, -0.2) is 71.5 Å². The third kappa shape index (κ3) is 6.33. The quantitative estimate of drug-likeness (QED) is 0.378. The number of alkyl halides is 3. The van der Waals surface area contributed by atoms with Crippen molar-refractivity contribution in [3.05, 3.63) is 77.1 Å². The first-order valence-electron chi connectivity index (χ1n) is 13.1. The number of carbonyl (C=O) groups is 2. The van der Waals surface area contributed by atoms with Crippen LogP contribution in [0.25, 0.3) is 5.70 Å². The van der Waals surface area contributed by atoms with Crippen LogP contribution in [0.3, 0.4) is 0 Å². The summed E-state index contributed by atoms with van der Waals surface area (Å²) in [7, 11) is 0. The number of aromatic nitrogens is 1. The number of carbonyl (C=O) groups excluding carboxylic acids is 2. The van der Waals surface area contributed by atoms with Gasteiger partial charge in [0.1, 0.15) is 23.2 Å². The van der Waals surface area contributed by atoms with E-state index >= 15 is 4.39 Å². The number of benzene rings is 1. The molecular formula is C28H27F4N7O3. The minimum absolute atomic E-state index is 0.0395. The van der Waals surface area contributed by atoms with Gasteiger partial charge in [-0.15, -0.1) is 0 Å². The second kappa shape index (κ2) is 11.7. The van der Waals surface area contributed by atoms with Crippen molar-refractivity contribution in [1.29, 1.82) is 0 Å². The summed E-state index contributed by atoms with van der Waals surface area (Å²) in [5, 5.41) is 2.24. The molecule has 220 valence electrons. The fourth-order valence-electron chi connectivity index (χ4n) is 4.72. The second-order valence-corrected chi connectivity index (χ2v) is 9.95. The molecule has 14 heteroatoms. The minimum Gasteiger partial charge on any atom is -0.382 e. The zero-order valence-corrected chi connectivity index (χ0v) is 22.3. The number of nitrogens with two attached hydrogens (primary N) is 1. The van der Waals surface area contributed by atoms with E-state index in [1.54, 1.807) is 16.0 Å². The van der Waals surface area contributed by atoms with Crippen molar-refractivity contribution >= 4 is 35.9 Å². The fraction of sp³-hybridized carbons (Fsp3) is 0.321. The number of nitrogens with one attached hydrogen (secondary N) is 1. The number of anilines is 1. The van der Waals surface area contributed by atoms with Crippen LogP contribution >= 0.6 is 0 Å². The molecule has 2 aromatic rings. The summed E-state index contributed by atoms with van der Waals surface area (Å²) in [5.74, 6) is -1.81. The van der Waals surface area contributed by atoms with E-state index < -0.39 is 23.5 Å². The fourth-order valence-corrected chi connectivity index (χ4v) is 4.72. The topological polar surface area (TPSA) is 126 Å². The molecule has 3 aliphatic rings. The monoisotopic (exact) mass is 585 g/mol. The van der Waals surface area contributed by atoms with Gasteiger partial charge in [0.2, 0.25) is 5.91 Å². The minimum atomic E-state index is -4.62. The number of halogens is 4. The van der Waals surface area contributed by atoms with E-state index in [-0.39, 0.29) is 58.6 Å². The number of morpholine rings is 1. The van der Waals surface area contributed by atoms with Crippen molar-refractivity contribution < 1.29 is 31.9 Å². The number of nitrogens with zero attached hydrogens (tertiary/aromatic N) is 5. The summed E-state index contributed by atoms with van der Waals surface area (Å²) >= 11 is 0. The maximum Gasteiger partial charge on any atom is 0.416 e. The number of ether oxygens (including phenoxy) is 1. The average Bonchev–Trinajstić information content (AvgIpc) is 3.81. The molecule has 1 saturated carbocycles. The first kappa shape index (κ1) is 28.9. The van der Waals surface area contributed by atoms with Gasteiger partial charge in [-0.1, -0.05) is 0 Å². The Morgan fingerprint density at radius 2 is 2.00 bits per heavy atom. The number of hydrogen-bond donors (Lipinski definition) is 2. The molecule has 1 atom stereocenters. The number of hydrogen-bond acceptors (Lipinski definition) is 8. The average molecular weight is 586 g/mol.